The van der Waals surface area contributed by atoms with Crippen LogP contribution in [0, 0.1) is 0 Å². The van der Waals surface area contributed by atoms with E-state index in [4.69, 9.17) is 0 Å². The Morgan fingerprint density at radius 2 is 2.07 bits per heavy atom. The first-order valence-corrected chi connectivity index (χ1v) is 10.9. The molecule has 3 heterocycles. The minimum absolute atomic E-state index is 0.0306. The number of hydrogen-bond donors (Lipinski definition) is 1. The van der Waals surface area contributed by atoms with E-state index < -0.39 is 0 Å². The van der Waals surface area contributed by atoms with Crippen LogP contribution in [0.15, 0.2) is 35.6 Å². The summed E-state index contributed by atoms with van der Waals surface area (Å²) in [5.74, 6) is 0.276. The first-order chi connectivity index (χ1) is 13.2. The van der Waals surface area contributed by atoms with Gasteiger partial charge in [0.2, 0.25) is 5.91 Å². The number of rotatable bonds is 6. The fraction of sp³-hybridized carbons (Fsp3) is 0.368. The SMILES string of the molecule is CCc1ccccc1NC(=O)CSc1ncnc2nc(N3CCCC3)sc12. The van der Waals surface area contributed by atoms with Crippen LogP contribution >= 0.6 is 23.1 Å². The molecule has 0 unspecified atom stereocenters. The molecular formula is C19H21N5OS2. The molecule has 1 N–H and O–H groups in total. The molecular weight excluding hydrogens is 378 g/mol. The minimum Gasteiger partial charge on any atom is -0.348 e. The van der Waals surface area contributed by atoms with Crippen LogP contribution < -0.4 is 10.2 Å². The highest BCUT2D eigenvalue weighted by Gasteiger charge is 2.19. The van der Waals surface area contributed by atoms with Gasteiger partial charge < -0.3 is 10.2 Å². The second-order valence-electron chi connectivity index (χ2n) is 6.37. The minimum atomic E-state index is -0.0306. The number of anilines is 2. The standard InChI is InChI=1S/C19H21N5OS2/c1-2-13-7-3-4-8-14(13)22-15(25)11-26-18-16-17(20-12-21-18)23-19(27-16)24-9-5-6-10-24/h3-4,7-8,12H,2,5-6,9-11H2,1H3,(H,22,25). The molecule has 0 bridgehead atoms. The fourth-order valence-corrected chi connectivity index (χ4v) is 5.08. The number of thiazole rings is 1. The second-order valence-corrected chi connectivity index (χ2v) is 8.31. The molecule has 3 aromatic rings. The second kappa shape index (κ2) is 8.22. The normalized spacial score (nSPS) is 14.0. The number of carbonyl (C=O) groups is 1. The largest absolute Gasteiger partial charge is 0.348 e. The van der Waals surface area contributed by atoms with Gasteiger partial charge in [0.05, 0.1) is 5.75 Å². The summed E-state index contributed by atoms with van der Waals surface area (Å²) >= 11 is 3.06. The number of thioether (sulfide) groups is 1. The lowest BCUT2D eigenvalue weighted by Gasteiger charge is -2.11. The lowest BCUT2D eigenvalue weighted by atomic mass is 10.1. The first-order valence-electron chi connectivity index (χ1n) is 9.11. The molecule has 4 rings (SSSR count). The van der Waals surface area contributed by atoms with Crippen LogP contribution in [-0.4, -0.2) is 39.7 Å². The van der Waals surface area contributed by atoms with Crippen molar-refractivity contribution in [3.63, 3.8) is 0 Å². The molecule has 1 amide bonds. The van der Waals surface area contributed by atoms with Crippen LogP contribution in [0.4, 0.5) is 10.8 Å². The molecule has 2 aromatic heterocycles. The average molecular weight is 400 g/mol. The summed E-state index contributed by atoms with van der Waals surface area (Å²) in [6, 6.07) is 7.90. The Morgan fingerprint density at radius 3 is 2.89 bits per heavy atom. The monoisotopic (exact) mass is 399 g/mol. The third-order valence-corrected chi connectivity index (χ3v) is 6.77. The molecule has 1 aliphatic rings. The van der Waals surface area contributed by atoms with Crippen molar-refractivity contribution in [2.75, 3.05) is 29.1 Å². The van der Waals surface area contributed by atoms with E-state index in [0.29, 0.717) is 5.75 Å². The van der Waals surface area contributed by atoms with E-state index in [0.717, 1.165) is 51.3 Å². The van der Waals surface area contributed by atoms with E-state index in [2.05, 4.69) is 32.1 Å². The third kappa shape index (κ3) is 4.06. The highest BCUT2D eigenvalue weighted by atomic mass is 32.2. The Morgan fingerprint density at radius 1 is 1.26 bits per heavy atom. The lowest BCUT2D eigenvalue weighted by molar-refractivity contribution is -0.113. The number of carbonyl (C=O) groups excluding carboxylic acids is 1. The molecule has 0 spiro atoms. The zero-order valence-electron chi connectivity index (χ0n) is 15.1. The van der Waals surface area contributed by atoms with Gasteiger partial charge in [-0.3, -0.25) is 4.79 Å². The van der Waals surface area contributed by atoms with Gasteiger partial charge in [-0.25, -0.2) is 9.97 Å². The van der Waals surface area contributed by atoms with E-state index in [1.54, 1.807) is 11.3 Å². The highest BCUT2D eigenvalue weighted by Crippen LogP contribution is 2.34. The zero-order chi connectivity index (χ0) is 18.6. The maximum absolute atomic E-state index is 12.4. The Balaban J connectivity index is 1.46. The summed E-state index contributed by atoms with van der Waals surface area (Å²) in [6.07, 6.45) is 4.84. The van der Waals surface area contributed by atoms with Gasteiger partial charge in [-0.2, -0.15) is 4.98 Å². The number of fused-ring (bicyclic) bond motifs is 1. The van der Waals surface area contributed by atoms with E-state index in [1.807, 2.05) is 24.3 Å². The van der Waals surface area contributed by atoms with E-state index in [9.17, 15) is 4.79 Å². The molecule has 0 radical (unpaired) electrons. The molecule has 27 heavy (non-hydrogen) atoms. The lowest BCUT2D eigenvalue weighted by Crippen LogP contribution is -2.16. The number of hydrogen-bond acceptors (Lipinski definition) is 7. The number of benzene rings is 1. The number of aryl methyl sites for hydroxylation is 1. The number of amides is 1. The molecule has 0 saturated carbocycles. The van der Waals surface area contributed by atoms with Crippen molar-refractivity contribution in [2.45, 2.75) is 31.2 Å². The van der Waals surface area contributed by atoms with Crippen molar-refractivity contribution in [1.82, 2.24) is 15.0 Å². The van der Waals surface area contributed by atoms with Crippen molar-refractivity contribution in [3.8, 4) is 0 Å². The van der Waals surface area contributed by atoms with Crippen LogP contribution in [0.1, 0.15) is 25.3 Å². The van der Waals surface area contributed by atoms with Crippen LogP contribution in [-0.2, 0) is 11.2 Å². The molecule has 6 nitrogen and oxygen atoms in total. The van der Waals surface area contributed by atoms with E-state index >= 15 is 0 Å². The maximum atomic E-state index is 12.4. The summed E-state index contributed by atoms with van der Waals surface area (Å²) in [7, 11) is 0. The summed E-state index contributed by atoms with van der Waals surface area (Å²) < 4.78 is 0.964. The summed E-state index contributed by atoms with van der Waals surface area (Å²) in [5.41, 5.74) is 2.74. The first kappa shape index (κ1) is 18.2. The van der Waals surface area contributed by atoms with Gasteiger partial charge in [0, 0.05) is 18.8 Å². The highest BCUT2D eigenvalue weighted by molar-refractivity contribution is 8.00. The fourth-order valence-electron chi connectivity index (χ4n) is 3.14. The van der Waals surface area contributed by atoms with Gasteiger partial charge in [0.25, 0.3) is 0 Å². The zero-order valence-corrected chi connectivity index (χ0v) is 16.8. The van der Waals surface area contributed by atoms with Crippen LogP contribution in [0.2, 0.25) is 0 Å². The molecule has 1 aliphatic heterocycles. The van der Waals surface area contributed by atoms with Crippen LogP contribution in [0.25, 0.3) is 10.3 Å². The van der Waals surface area contributed by atoms with Crippen molar-refractivity contribution in [1.29, 1.82) is 0 Å². The van der Waals surface area contributed by atoms with Gasteiger partial charge in [-0.05, 0) is 30.9 Å². The number of nitrogens with one attached hydrogen (secondary N) is 1. The predicted molar refractivity (Wildman–Crippen MR) is 112 cm³/mol. The molecule has 8 heteroatoms. The van der Waals surface area contributed by atoms with Crippen molar-refractivity contribution in [2.24, 2.45) is 0 Å². The molecule has 140 valence electrons. The number of para-hydroxylation sites is 1. The Bertz CT molecular complexity index is 952. The molecule has 1 fully saturated rings. The summed E-state index contributed by atoms with van der Waals surface area (Å²) in [6.45, 7) is 4.18. The Hall–Kier alpha value is -2.19. The van der Waals surface area contributed by atoms with Gasteiger partial charge in [0.15, 0.2) is 10.8 Å². The summed E-state index contributed by atoms with van der Waals surface area (Å²) in [5, 5.41) is 4.83. The van der Waals surface area contributed by atoms with E-state index in [1.165, 1.54) is 30.9 Å². The third-order valence-electron chi connectivity index (χ3n) is 4.54. The smallest absolute Gasteiger partial charge is 0.234 e. The Kier molecular flexibility index (Phi) is 5.54. The van der Waals surface area contributed by atoms with E-state index in [-0.39, 0.29) is 5.91 Å². The van der Waals surface area contributed by atoms with Crippen molar-refractivity contribution in [3.05, 3.63) is 36.2 Å². The molecule has 0 aliphatic carbocycles. The molecule has 1 aromatic carbocycles. The average Bonchev–Trinajstić information content (AvgIpc) is 3.36. The van der Waals surface area contributed by atoms with Crippen LogP contribution in [0.5, 0.6) is 0 Å². The molecule has 0 atom stereocenters. The molecule has 1 saturated heterocycles. The van der Waals surface area contributed by atoms with Gasteiger partial charge >= 0.3 is 0 Å². The van der Waals surface area contributed by atoms with Gasteiger partial charge in [-0.15, -0.1) is 0 Å². The topological polar surface area (TPSA) is 71.0 Å². The van der Waals surface area contributed by atoms with Crippen LogP contribution in [0.3, 0.4) is 0 Å². The Labute approximate surface area is 166 Å². The van der Waals surface area contributed by atoms with Crippen molar-refractivity contribution < 1.29 is 4.79 Å². The summed E-state index contributed by atoms with van der Waals surface area (Å²) in [4.78, 5) is 28.0. The van der Waals surface area contributed by atoms with Crippen molar-refractivity contribution >= 4 is 50.2 Å². The number of aromatic nitrogens is 3. The number of nitrogens with zero attached hydrogens (tertiary/aromatic N) is 4. The predicted octanol–water partition coefficient (Wildman–Crippen LogP) is 3.98. The quantitative estimate of drug-likeness (QED) is 0.499. The maximum Gasteiger partial charge on any atom is 0.234 e. The van der Waals surface area contributed by atoms with Gasteiger partial charge in [-0.1, -0.05) is 48.2 Å². The van der Waals surface area contributed by atoms with Gasteiger partial charge in [0.1, 0.15) is 16.1 Å².